The predicted octanol–water partition coefficient (Wildman–Crippen LogP) is 2.40. The fourth-order valence-electron chi connectivity index (χ4n) is 1.99. The van der Waals surface area contributed by atoms with Crippen LogP contribution in [-0.4, -0.2) is 28.4 Å². The van der Waals surface area contributed by atoms with Gasteiger partial charge in [-0.1, -0.05) is 6.07 Å². The molecule has 0 radical (unpaired) electrons. The van der Waals surface area contributed by atoms with E-state index in [1.54, 1.807) is 12.1 Å². The van der Waals surface area contributed by atoms with E-state index in [0.717, 1.165) is 5.56 Å². The number of hydrogen-bond acceptors (Lipinski definition) is 4. The lowest BCUT2D eigenvalue weighted by molar-refractivity contribution is 0.0696. The third-order valence-electron chi connectivity index (χ3n) is 2.96. The fraction of sp³-hybridized carbons (Fsp3) is 0.133. The van der Waals surface area contributed by atoms with Crippen LogP contribution in [-0.2, 0) is 6.42 Å². The highest BCUT2D eigenvalue weighted by Gasteiger charge is 2.12. The van der Waals surface area contributed by atoms with Gasteiger partial charge in [0.1, 0.15) is 5.75 Å². The lowest BCUT2D eigenvalue weighted by atomic mass is 9.99. The third kappa shape index (κ3) is 2.83. The molecule has 0 saturated heterocycles. The molecule has 5 heteroatoms. The van der Waals surface area contributed by atoms with Gasteiger partial charge in [0, 0.05) is 0 Å². The normalized spacial score (nSPS) is 10.2. The molecule has 3 N–H and O–H groups in total. The number of methoxy groups -OCH3 is 1. The summed E-state index contributed by atoms with van der Waals surface area (Å²) in [5, 5.41) is 28.1. The van der Waals surface area contributed by atoms with Gasteiger partial charge < -0.3 is 20.1 Å². The fourth-order valence-corrected chi connectivity index (χ4v) is 1.99. The Morgan fingerprint density at radius 1 is 1.15 bits per heavy atom. The summed E-state index contributed by atoms with van der Waals surface area (Å²) in [4.78, 5) is 11.2. The molecule has 0 bridgehead atoms. The van der Waals surface area contributed by atoms with Gasteiger partial charge in [-0.2, -0.15) is 0 Å². The molecule has 0 spiro atoms. The molecule has 0 aliphatic carbocycles. The molecular weight excluding hydrogens is 260 g/mol. The summed E-state index contributed by atoms with van der Waals surface area (Å²) >= 11 is 0. The molecule has 2 rings (SSSR count). The molecule has 0 aromatic heterocycles. The molecule has 0 unspecified atom stereocenters. The van der Waals surface area contributed by atoms with Crippen molar-refractivity contribution in [2.45, 2.75) is 6.42 Å². The van der Waals surface area contributed by atoms with E-state index in [9.17, 15) is 15.0 Å². The minimum atomic E-state index is -1.05. The lowest BCUT2D eigenvalue weighted by Crippen LogP contribution is -2.03. The van der Waals surface area contributed by atoms with Crippen molar-refractivity contribution in [2.75, 3.05) is 7.11 Å². The molecule has 0 heterocycles. The molecule has 104 valence electrons. The zero-order chi connectivity index (χ0) is 14.7. The smallest absolute Gasteiger partial charge is 0.335 e. The second-order valence-electron chi connectivity index (χ2n) is 4.33. The first-order valence-corrected chi connectivity index (χ1v) is 5.92. The maximum Gasteiger partial charge on any atom is 0.335 e. The maximum atomic E-state index is 11.2. The first-order valence-electron chi connectivity index (χ1n) is 5.92. The number of phenolic OH excluding ortho intramolecular Hbond substituents is 2. The van der Waals surface area contributed by atoms with Gasteiger partial charge in [0.2, 0.25) is 0 Å². The Labute approximate surface area is 115 Å². The molecule has 2 aromatic rings. The van der Waals surface area contributed by atoms with Crippen LogP contribution in [0.4, 0.5) is 0 Å². The van der Waals surface area contributed by atoms with Crippen molar-refractivity contribution in [2.24, 2.45) is 0 Å². The molecular formula is C15H14O5. The van der Waals surface area contributed by atoms with Gasteiger partial charge >= 0.3 is 5.97 Å². The van der Waals surface area contributed by atoms with Gasteiger partial charge in [0.15, 0.2) is 11.5 Å². The average molecular weight is 274 g/mol. The average Bonchev–Trinajstić information content (AvgIpc) is 2.40. The number of hydrogen-bond donors (Lipinski definition) is 3. The molecule has 5 nitrogen and oxygen atoms in total. The van der Waals surface area contributed by atoms with E-state index >= 15 is 0 Å². The second kappa shape index (κ2) is 5.52. The Kier molecular flexibility index (Phi) is 3.79. The number of carboxylic acid groups (broad SMARTS) is 1. The first kappa shape index (κ1) is 13.7. The molecule has 2 aromatic carbocycles. The summed E-state index contributed by atoms with van der Waals surface area (Å²) in [5.74, 6) is -0.702. The van der Waals surface area contributed by atoms with Crippen molar-refractivity contribution >= 4 is 5.97 Å². The van der Waals surface area contributed by atoms with Gasteiger partial charge in [-0.3, -0.25) is 0 Å². The molecule has 20 heavy (non-hydrogen) atoms. The Morgan fingerprint density at radius 3 is 2.55 bits per heavy atom. The number of rotatable bonds is 4. The van der Waals surface area contributed by atoms with Crippen molar-refractivity contribution in [3.8, 4) is 17.2 Å². The van der Waals surface area contributed by atoms with Crippen LogP contribution >= 0.6 is 0 Å². The molecule has 0 aliphatic heterocycles. The Hall–Kier alpha value is -2.69. The van der Waals surface area contributed by atoms with E-state index in [-0.39, 0.29) is 17.1 Å². The van der Waals surface area contributed by atoms with Gasteiger partial charge in [-0.05, 0) is 47.9 Å². The summed E-state index contributed by atoms with van der Waals surface area (Å²) in [7, 11) is 1.44. The molecule has 0 saturated carbocycles. The Morgan fingerprint density at radius 2 is 1.90 bits per heavy atom. The third-order valence-corrected chi connectivity index (χ3v) is 2.96. The quantitative estimate of drug-likeness (QED) is 0.797. The highest BCUT2D eigenvalue weighted by molar-refractivity contribution is 5.89. The van der Waals surface area contributed by atoms with Gasteiger partial charge in [0.25, 0.3) is 0 Å². The van der Waals surface area contributed by atoms with E-state index < -0.39 is 5.97 Å². The zero-order valence-electron chi connectivity index (χ0n) is 10.8. The topological polar surface area (TPSA) is 87.0 Å². The highest BCUT2D eigenvalue weighted by Crippen LogP contribution is 2.28. The Bertz CT molecular complexity index is 649. The van der Waals surface area contributed by atoms with Crippen LogP contribution in [0.5, 0.6) is 17.2 Å². The summed E-state index contributed by atoms with van der Waals surface area (Å²) in [6, 6.07) is 8.91. The van der Waals surface area contributed by atoms with Crippen molar-refractivity contribution in [1.82, 2.24) is 0 Å². The van der Waals surface area contributed by atoms with Crippen LogP contribution in [0.25, 0.3) is 0 Å². The van der Waals surface area contributed by atoms with Gasteiger partial charge in [-0.25, -0.2) is 4.79 Å². The van der Waals surface area contributed by atoms with Gasteiger partial charge in [0.05, 0.1) is 12.7 Å². The number of carboxylic acids is 1. The van der Waals surface area contributed by atoms with Crippen molar-refractivity contribution in [3.05, 3.63) is 53.1 Å². The van der Waals surface area contributed by atoms with E-state index in [1.807, 2.05) is 0 Å². The van der Waals surface area contributed by atoms with Gasteiger partial charge in [-0.15, -0.1) is 0 Å². The summed E-state index contributed by atoms with van der Waals surface area (Å²) < 4.78 is 5.01. The second-order valence-corrected chi connectivity index (χ2v) is 4.33. The lowest BCUT2D eigenvalue weighted by Gasteiger charge is -2.09. The number of carbonyl (C=O) groups is 1. The molecule has 0 amide bonds. The number of benzene rings is 2. The minimum Gasteiger partial charge on any atom is -0.508 e. The van der Waals surface area contributed by atoms with Crippen LogP contribution < -0.4 is 4.74 Å². The first-order chi connectivity index (χ1) is 9.51. The van der Waals surface area contributed by atoms with E-state index in [1.165, 1.54) is 31.4 Å². The number of ether oxygens (including phenoxy) is 1. The monoisotopic (exact) mass is 274 g/mol. The molecule has 0 aliphatic rings. The van der Waals surface area contributed by atoms with Crippen LogP contribution in [0.1, 0.15) is 21.5 Å². The number of aromatic carboxylic acids is 1. The van der Waals surface area contributed by atoms with Crippen LogP contribution in [0.2, 0.25) is 0 Å². The maximum absolute atomic E-state index is 11.2. The molecule has 0 fully saturated rings. The van der Waals surface area contributed by atoms with E-state index in [4.69, 9.17) is 9.84 Å². The van der Waals surface area contributed by atoms with Crippen molar-refractivity contribution in [1.29, 1.82) is 0 Å². The Balaban J connectivity index is 2.39. The minimum absolute atomic E-state index is 0.00995. The number of phenols is 2. The molecule has 0 atom stereocenters. The summed E-state index contributed by atoms with van der Waals surface area (Å²) in [5.41, 5.74) is 1.40. The van der Waals surface area contributed by atoms with Crippen LogP contribution in [0.15, 0.2) is 36.4 Å². The van der Waals surface area contributed by atoms with E-state index in [2.05, 4.69) is 0 Å². The summed E-state index contributed by atoms with van der Waals surface area (Å²) in [6.07, 6.45) is 0.312. The number of aromatic hydroxyl groups is 2. The SMILES string of the molecule is COc1cc(Cc2cc(O)ccc2C(=O)O)ccc1O. The predicted molar refractivity (Wildman–Crippen MR) is 72.5 cm³/mol. The highest BCUT2D eigenvalue weighted by atomic mass is 16.5. The largest absolute Gasteiger partial charge is 0.508 e. The summed E-state index contributed by atoms with van der Waals surface area (Å²) in [6.45, 7) is 0. The van der Waals surface area contributed by atoms with E-state index in [0.29, 0.717) is 17.7 Å². The van der Waals surface area contributed by atoms with Crippen molar-refractivity contribution < 1.29 is 24.9 Å². The van der Waals surface area contributed by atoms with Crippen molar-refractivity contribution in [3.63, 3.8) is 0 Å². The van der Waals surface area contributed by atoms with Crippen LogP contribution in [0.3, 0.4) is 0 Å². The van der Waals surface area contributed by atoms with Crippen LogP contribution in [0, 0.1) is 0 Å². The zero-order valence-corrected chi connectivity index (χ0v) is 10.8. The standard InChI is InChI=1S/C15H14O5/c1-20-14-7-9(2-5-13(14)17)6-10-8-11(16)3-4-12(10)15(18)19/h2-5,7-8,16-17H,6H2,1H3,(H,18,19).